The van der Waals surface area contributed by atoms with E-state index in [9.17, 15) is 0 Å². The Hall–Kier alpha value is 0.550. The third-order valence-corrected chi connectivity index (χ3v) is 10.1. The Morgan fingerprint density at radius 2 is 0.529 bits per heavy atom. The molecule has 2 aromatic carbocycles. The van der Waals surface area contributed by atoms with Crippen molar-refractivity contribution in [2.24, 2.45) is 47.3 Å². The SMILES string of the molecule is C1C2CC3CC1CC(C2)C3.C1C2CC3CC1CC(C2)C3.CC.CC.CC.CC.CC.COCC1CO1.I.II.c1ccccc1.c1ccccc1. The second kappa shape index (κ2) is 40.2. The number of halogens is 3. The highest BCUT2D eigenvalue weighted by molar-refractivity contribution is 15.0. The zero-order valence-corrected chi connectivity index (χ0v) is 41.6. The van der Waals surface area contributed by atoms with Gasteiger partial charge in [0.2, 0.25) is 0 Å². The maximum atomic E-state index is 4.82. The molecule has 9 aliphatic rings. The molecule has 1 atom stereocenters. The molecule has 0 amide bonds. The summed E-state index contributed by atoms with van der Waals surface area (Å²) in [5, 5.41) is 0. The first kappa shape index (κ1) is 55.9. The standard InChI is InChI=1S/2C10H16.2C6H6.C4H8O2.5C2H6.I2.HI/c2*1-7-2-9-4-8(1)5-10(3-7)6-9;2*1-2-4-6-5-3-1;1-5-2-4-3-6-4;6*1-2;/h2*7-10H,1-6H2;2*1-6H;4H,2-3H2,1H3;5*1-2H3;;1H. The molecule has 0 radical (unpaired) electrons. The fourth-order valence-electron chi connectivity index (χ4n) is 9.09. The molecule has 0 aromatic heterocycles. The summed E-state index contributed by atoms with van der Waals surface area (Å²) in [5.41, 5.74) is 0. The summed E-state index contributed by atoms with van der Waals surface area (Å²) < 4.78 is 9.56. The molecule has 0 N–H and O–H groups in total. The van der Waals surface area contributed by atoms with Gasteiger partial charge in [-0.15, -0.1) is 24.0 Å². The molecular weight excluding hydrogens is 965 g/mol. The Kier molecular flexibility index (Phi) is 44.1. The van der Waals surface area contributed by atoms with E-state index in [1.54, 1.807) is 84.2 Å². The van der Waals surface area contributed by atoms with Gasteiger partial charge < -0.3 is 9.47 Å². The predicted molar refractivity (Wildman–Crippen MR) is 258 cm³/mol. The molecule has 1 unspecified atom stereocenters. The predicted octanol–water partition coefficient (Wildman–Crippen LogP) is 16.6. The van der Waals surface area contributed by atoms with Gasteiger partial charge in [-0.1, -0.05) is 142 Å². The van der Waals surface area contributed by atoms with Crippen LogP contribution >= 0.6 is 61.2 Å². The summed E-state index contributed by atoms with van der Waals surface area (Å²) in [7, 11) is 1.68. The van der Waals surface area contributed by atoms with Crippen LogP contribution in [0.2, 0.25) is 0 Å². The van der Waals surface area contributed by atoms with Gasteiger partial charge in [-0.25, -0.2) is 0 Å². The van der Waals surface area contributed by atoms with Crippen LogP contribution in [0.3, 0.4) is 0 Å². The summed E-state index contributed by atoms with van der Waals surface area (Å²) >= 11 is 4.24. The van der Waals surface area contributed by atoms with Crippen LogP contribution in [0, 0.1) is 47.3 Å². The van der Waals surface area contributed by atoms with Gasteiger partial charge in [-0.3, -0.25) is 0 Å². The van der Waals surface area contributed by atoms with Crippen LogP contribution in [-0.2, 0) is 9.47 Å². The van der Waals surface area contributed by atoms with Gasteiger partial charge >= 0.3 is 0 Å². The van der Waals surface area contributed by atoms with Gasteiger partial charge in [0.05, 0.1) is 13.2 Å². The van der Waals surface area contributed by atoms with Crippen molar-refractivity contribution in [2.75, 3.05) is 20.3 Å². The molecule has 0 spiro atoms. The van der Waals surface area contributed by atoms with E-state index in [1.807, 2.05) is 142 Å². The lowest BCUT2D eigenvalue weighted by molar-refractivity contribution is 0.0197. The average Bonchev–Trinajstić information content (AvgIpc) is 4.03. The van der Waals surface area contributed by atoms with Crippen LogP contribution in [0.25, 0.3) is 0 Å². The average molecular weight is 1050 g/mol. The van der Waals surface area contributed by atoms with Gasteiger partial charge in [-0.05, 0) is 124 Å². The Morgan fingerprint density at radius 1 is 0.392 bits per heavy atom. The summed E-state index contributed by atoms with van der Waals surface area (Å²) in [6, 6.07) is 24.0. The zero-order valence-electron chi connectivity index (χ0n) is 35.0. The molecule has 300 valence electrons. The van der Waals surface area contributed by atoms with Gasteiger partial charge in [0.25, 0.3) is 0 Å². The van der Waals surface area contributed by atoms with Gasteiger partial charge in [0, 0.05) is 44.3 Å². The van der Waals surface area contributed by atoms with E-state index in [0.717, 1.165) is 13.2 Å². The normalized spacial score (nSPS) is 28.8. The molecule has 5 heteroatoms. The highest BCUT2D eigenvalue weighted by Crippen LogP contribution is 2.54. The minimum absolute atomic E-state index is 0. The molecule has 1 heterocycles. The van der Waals surface area contributed by atoms with E-state index in [4.69, 9.17) is 9.47 Å². The van der Waals surface area contributed by atoms with Gasteiger partial charge in [0.1, 0.15) is 6.10 Å². The summed E-state index contributed by atoms with van der Waals surface area (Å²) in [6.45, 7) is 21.7. The quantitative estimate of drug-likeness (QED) is 0.221. The fourth-order valence-corrected chi connectivity index (χ4v) is 9.09. The highest BCUT2D eigenvalue weighted by Gasteiger charge is 2.42. The Morgan fingerprint density at radius 3 is 0.608 bits per heavy atom. The largest absolute Gasteiger partial charge is 0.382 e. The molecular formula is C46H83I3O2. The second-order valence-corrected chi connectivity index (χ2v) is 13.5. The lowest BCUT2D eigenvalue weighted by Gasteiger charge is -2.49. The number of hydrogen-bond donors (Lipinski definition) is 0. The Balaban J connectivity index is -0.000000532. The van der Waals surface area contributed by atoms with E-state index >= 15 is 0 Å². The third-order valence-electron chi connectivity index (χ3n) is 10.1. The molecule has 8 bridgehead atoms. The summed E-state index contributed by atoms with van der Waals surface area (Å²) in [4.78, 5) is 0. The number of epoxide rings is 1. The lowest BCUT2D eigenvalue weighted by Crippen LogP contribution is -2.38. The van der Waals surface area contributed by atoms with E-state index in [2.05, 4.69) is 37.2 Å². The second-order valence-electron chi connectivity index (χ2n) is 13.5. The monoisotopic (exact) mass is 1050 g/mol. The zero-order chi connectivity index (χ0) is 38.0. The minimum Gasteiger partial charge on any atom is -0.382 e. The Bertz CT molecular complexity index is 660. The number of ether oxygens (including phenoxy) is 2. The molecule has 8 aliphatic carbocycles. The first-order valence-electron chi connectivity index (χ1n) is 21.0. The van der Waals surface area contributed by atoms with Crippen molar-refractivity contribution in [3.05, 3.63) is 72.8 Å². The number of hydrogen-bond acceptors (Lipinski definition) is 2. The lowest BCUT2D eigenvalue weighted by atomic mass is 9.56. The van der Waals surface area contributed by atoms with E-state index < -0.39 is 0 Å². The maximum Gasteiger partial charge on any atom is 0.104 e. The smallest absolute Gasteiger partial charge is 0.104 e. The van der Waals surface area contributed by atoms with Crippen LogP contribution in [0.5, 0.6) is 0 Å². The molecule has 8 saturated carbocycles. The third kappa shape index (κ3) is 26.9. The van der Waals surface area contributed by atoms with Crippen LogP contribution in [0.4, 0.5) is 0 Å². The number of benzene rings is 2. The van der Waals surface area contributed by atoms with Crippen LogP contribution in [0.1, 0.15) is 146 Å². The molecule has 9 fully saturated rings. The molecule has 2 aromatic rings. The van der Waals surface area contributed by atoms with Crippen molar-refractivity contribution < 1.29 is 9.47 Å². The topological polar surface area (TPSA) is 21.8 Å². The molecule has 2 nitrogen and oxygen atoms in total. The van der Waals surface area contributed by atoms with E-state index in [0.29, 0.717) is 6.10 Å². The van der Waals surface area contributed by atoms with Crippen molar-refractivity contribution in [3.8, 4) is 0 Å². The van der Waals surface area contributed by atoms with E-state index in [1.165, 1.54) is 47.3 Å². The summed E-state index contributed by atoms with van der Waals surface area (Å²) in [5.74, 6) is 9.42. The van der Waals surface area contributed by atoms with Crippen molar-refractivity contribution in [3.63, 3.8) is 0 Å². The van der Waals surface area contributed by atoms with Gasteiger partial charge in [-0.2, -0.15) is 0 Å². The molecule has 1 aliphatic heterocycles. The highest BCUT2D eigenvalue weighted by atomic mass is 128. The summed E-state index contributed by atoms with van der Waals surface area (Å²) in [6.07, 6.45) is 19.7. The first-order chi connectivity index (χ1) is 24.7. The fraction of sp³-hybridized carbons (Fsp3) is 0.739. The Labute approximate surface area is 360 Å². The number of rotatable bonds is 2. The molecule has 1 saturated heterocycles. The van der Waals surface area contributed by atoms with Crippen molar-refractivity contribution >= 4 is 61.2 Å². The maximum absolute atomic E-state index is 4.82. The van der Waals surface area contributed by atoms with Crippen molar-refractivity contribution in [2.45, 2.75) is 152 Å². The first-order valence-corrected chi connectivity index (χ1v) is 27.3. The van der Waals surface area contributed by atoms with Gasteiger partial charge in [0.15, 0.2) is 0 Å². The van der Waals surface area contributed by atoms with Crippen molar-refractivity contribution in [1.82, 2.24) is 0 Å². The molecule has 51 heavy (non-hydrogen) atoms. The van der Waals surface area contributed by atoms with Crippen LogP contribution < -0.4 is 0 Å². The van der Waals surface area contributed by atoms with Crippen LogP contribution in [-0.4, -0.2) is 26.4 Å². The minimum atomic E-state index is 0. The van der Waals surface area contributed by atoms with Crippen molar-refractivity contribution in [1.29, 1.82) is 0 Å². The number of methoxy groups -OCH3 is 1. The van der Waals surface area contributed by atoms with Crippen LogP contribution in [0.15, 0.2) is 72.8 Å². The molecule has 11 rings (SSSR count). The van der Waals surface area contributed by atoms with E-state index in [-0.39, 0.29) is 24.0 Å².